The van der Waals surface area contributed by atoms with E-state index >= 15 is 0 Å². The fraction of sp³-hybridized carbons (Fsp3) is 0.278. The predicted molar refractivity (Wildman–Crippen MR) is 105 cm³/mol. The van der Waals surface area contributed by atoms with Crippen LogP contribution in [0, 0.1) is 6.92 Å². The zero-order valence-electron chi connectivity index (χ0n) is 14.5. The van der Waals surface area contributed by atoms with E-state index < -0.39 is 15.9 Å². The number of sulfonamides is 1. The molecule has 2 aromatic rings. The highest BCUT2D eigenvalue weighted by Crippen LogP contribution is 2.26. The number of hydrogen-bond acceptors (Lipinski definition) is 4. The Bertz CT molecular complexity index is 973. The van der Waals surface area contributed by atoms with Gasteiger partial charge in [0, 0.05) is 23.8 Å². The smallest absolute Gasteiger partial charge is 0.257 e. The standard InChI is InChI=1S/C18H18Cl2N2O4S/c1-12-2-4-14(27(24,25)22-6-8-26-9-7-22)11-17(12)21-18(23)15-10-13(19)3-5-16(15)20/h2-5,10-11H,6-9H2,1H3,(H,21,23). The molecule has 0 atom stereocenters. The zero-order valence-corrected chi connectivity index (χ0v) is 16.9. The van der Waals surface area contributed by atoms with E-state index in [0.717, 1.165) is 5.56 Å². The van der Waals surface area contributed by atoms with Crippen molar-refractivity contribution < 1.29 is 17.9 Å². The molecule has 144 valence electrons. The first-order valence-corrected chi connectivity index (χ1v) is 10.4. The van der Waals surface area contributed by atoms with Crippen molar-refractivity contribution in [3.05, 3.63) is 57.6 Å². The summed E-state index contributed by atoms with van der Waals surface area (Å²) in [5, 5.41) is 3.36. The molecule has 1 heterocycles. The second-order valence-corrected chi connectivity index (χ2v) is 8.85. The van der Waals surface area contributed by atoms with E-state index in [0.29, 0.717) is 37.0 Å². The van der Waals surface area contributed by atoms with Crippen molar-refractivity contribution in [3.8, 4) is 0 Å². The van der Waals surface area contributed by atoms with E-state index in [1.165, 1.54) is 28.6 Å². The lowest BCUT2D eigenvalue weighted by molar-refractivity contribution is 0.0730. The number of benzene rings is 2. The summed E-state index contributed by atoms with van der Waals surface area (Å²) in [6.07, 6.45) is 0. The molecule has 0 aliphatic carbocycles. The number of rotatable bonds is 4. The van der Waals surface area contributed by atoms with Crippen molar-refractivity contribution in [1.29, 1.82) is 0 Å². The normalized spacial score (nSPS) is 15.5. The Morgan fingerprint density at radius 3 is 2.52 bits per heavy atom. The SMILES string of the molecule is Cc1ccc(S(=O)(=O)N2CCOCC2)cc1NC(=O)c1cc(Cl)ccc1Cl. The molecule has 2 aromatic carbocycles. The fourth-order valence-corrected chi connectivity index (χ4v) is 4.50. The zero-order chi connectivity index (χ0) is 19.6. The van der Waals surface area contributed by atoms with E-state index in [-0.39, 0.29) is 15.5 Å². The average molecular weight is 429 g/mol. The third-order valence-corrected chi connectivity index (χ3v) is 6.70. The molecule has 0 bridgehead atoms. The summed E-state index contributed by atoms with van der Waals surface area (Å²) < 4.78 is 32.2. The van der Waals surface area contributed by atoms with Crippen LogP contribution in [0.4, 0.5) is 5.69 Å². The minimum Gasteiger partial charge on any atom is -0.379 e. The molecule has 1 N–H and O–H groups in total. The molecule has 1 aliphatic heterocycles. The van der Waals surface area contributed by atoms with E-state index in [1.54, 1.807) is 19.1 Å². The Morgan fingerprint density at radius 2 is 1.81 bits per heavy atom. The molecule has 0 radical (unpaired) electrons. The summed E-state index contributed by atoms with van der Waals surface area (Å²) in [5.74, 6) is -0.466. The molecular formula is C18H18Cl2N2O4S. The lowest BCUT2D eigenvalue weighted by Gasteiger charge is -2.26. The fourth-order valence-electron chi connectivity index (χ4n) is 2.69. The summed E-state index contributed by atoms with van der Waals surface area (Å²) in [5.41, 5.74) is 1.33. The van der Waals surface area contributed by atoms with Crippen molar-refractivity contribution in [3.63, 3.8) is 0 Å². The van der Waals surface area contributed by atoms with E-state index in [9.17, 15) is 13.2 Å². The number of ether oxygens (including phenoxy) is 1. The van der Waals surface area contributed by atoms with Gasteiger partial charge in [-0.3, -0.25) is 4.79 Å². The first-order valence-electron chi connectivity index (χ1n) is 8.24. The maximum absolute atomic E-state index is 12.8. The van der Waals surface area contributed by atoms with Crippen LogP contribution in [0.25, 0.3) is 0 Å². The second kappa shape index (κ2) is 8.16. The number of anilines is 1. The van der Waals surface area contributed by atoms with Crippen molar-refractivity contribution in [2.45, 2.75) is 11.8 Å². The summed E-state index contributed by atoms with van der Waals surface area (Å²) in [6, 6.07) is 9.22. The van der Waals surface area contributed by atoms with Gasteiger partial charge in [0.2, 0.25) is 10.0 Å². The van der Waals surface area contributed by atoms with Crippen molar-refractivity contribution in [2.75, 3.05) is 31.6 Å². The molecule has 1 saturated heterocycles. The van der Waals surface area contributed by atoms with Crippen LogP contribution >= 0.6 is 23.2 Å². The first-order chi connectivity index (χ1) is 12.8. The second-order valence-electron chi connectivity index (χ2n) is 6.07. The summed E-state index contributed by atoms with van der Waals surface area (Å²) in [7, 11) is -3.66. The number of carbonyl (C=O) groups excluding carboxylic acids is 1. The van der Waals surface area contributed by atoms with E-state index in [2.05, 4.69) is 5.32 Å². The van der Waals surface area contributed by atoms with E-state index in [1.807, 2.05) is 0 Å². The lowest BCUT2D eigenvalue weighted by atomic mass is 10.1. The van der Waals surface area contributed by atoms with Gasteiger partial charge >= 0.3 is 0 Å². The highest BCUT2D eigenvalue weighted by Gasteiger charge is 2.27. The summed E-state index contributed by atoms with van der Waals surface area (Å²) in [4.78, 5) is 12.7. The van der Waals surface area contributed by atoms with Crippen LogP contribution in [0.5, 0.6) is 0 Å². The highest BCUT2D eigenvalue weighted by molar-refractivity contribution is 7.89. The van der Waals surface area contributed by atoms with Crippen LogP contribution < -0.4 is 5.32 Å². The van der Waals surface area contributed by atoms with Crippen LogP contribution in [0.3, 0.4) is 0 Å². The number of nitrogens with zero attached hydrogens (tertiary/aromatic N) is 1. The Kier molecular flexibility index (Phi) is 6.08. The van der Waals surface area contributed by atoms with Gasteiger partial charge < -0.3 is 10.1 Å². The molecule has 3 rings (SSSR count). The number of nitrogens with one attached hydrogen (secondary N) is 1. The average Bonchev–Trinajstić information content (AvgIpc) is 2.66. The topological polar surface area (TPSA) is 75.7 Å². The van der Waals surface area contributed by atoms with Gasteiger partial charge in [0.1, 0.15) is 0 Å². The molecule has 27 heavy (non-hydrogen) atoms. The van der Waals surface area contributed by atoms with Gasteiger partial charge in [-0.15, -0.1) is 0 Å². The molecule has 0 saturated carbocycles. The molecular weight excluding hydrogens is 411 g/mol. The number of amides is 1. The highest BCUT2D eigenvalue weighted by atomic mass is 35.5. The number of carbonyl (C=O) groups is 1. The Hall–Kier alpha value is -1.64. The third-order valence-electron chi connectivity index (χ3n) is 4.24. The molecule has 0 aromatic heterocycles. The van der Waals surface area contributed by atoms with Crippen molar-refractivity contribution in [2.24, 2.45) is 0 Å². The monoisotopic (exact) mass is 428 g/mol. The summed E-state index contributed by atoms with van der Waals surface area (Å²) >= 11 is 12.0. The minimum absolute atomic E-state index is 0.113. The summed E-state index contributed by atoms with van der Waals surface area (Å²) in [6.45, 7) is 3.11. The van der Waals surface area contributed by atoms with Gasteiger partial charge in [-0.1, -0.05) is 29.3 Å². The maximum Gasteiger partial charge on any atom is 0.257 e. The van der Waals surface area contributed by atoms with Crippen LogP contribution in [0.15, 0.2) is 41.3 Å². The quantitative estimate of drug-likeness (QED) is 0.807. The minimum atomic E-state index is -3.66. The van der Waals surface area contributed by atoms with E-state index in [4.69, 9.17) is 27.9 Å². The van der Waals surface area contributed by atoms with Crippen LogP contribution in [0.1, 0.15) is 15.9 Å². The van der Waals surface area contributed by atoms with Crippen LogP contribution in [0.2, 0.25) is 10.0 Å². The Morgan fingerprint density at radius 1 is 1.11 bits per heavy atom. The van der Waals surface area contributed by atoms with Gasteiger partial charge in [-0.05, 0) is 42.8 Å². The number of morpholine rings is 1. The molecule has 0 spiro atoms. The van der Waals surface area contributed by atoms with Crippen molar-refractivity contribution in [1.82, 2.24) is 4.31 Å². The Balaban J connectivity index is 1.89. The molecule has 1 fully saturated rings. The third kappa shape index (κ3) is 4.44. The number of aryl methyl sites for hydroxylation is 1. The Labute approximate surface area is 168 Å². The van der Waals surface area contributed by atoms with Gasteiger partial charge in [-0.25, -0.2) is 8.42 Å². The van der Waals surface area contributed by atoms with Gasteiger partial charge in [0.25, 0.3) is 5.91 Å². The van der Waals surface area contributed by atoms with Gasteiger partial charge in [0.05, 0.1) is 28.7 Å². The number of hydrogen-bond donors (Lipinski definition) is 1. The van der Waals surface area contributed by atoms with Gasteiger partial charge in [-0.2, -0.15) is 4.31 Å². The predicted octanol–water partition coefficient (Wildman–Crippen LogP) is 3.58. The molecule has 1 amide bonds. The number of halogens is 2. The van der Waals surface area contributed by atoms with Crippen LogP contribution in [-0.4, -0.2) is 44.9 Å². The van der Waals surface area contributed by atoms with Crippen molar-refractivity contribution >= 4 is 44.8 Å². The molecule has 0 unspecified atom stereocenters. The maximum atomic E-state index is 12.8. The largest absolute Gasteiger partial charge is 0.379 e. The van der Waals surface area contributed by atoms with Gasteiger partial charge in [0.15, 0.2) is 0 Å². The molecule has 9 heteroatoms. The molecule has 6 nitrogen and oxygen atoms in total. The van der Waals surface area contributed by atoms with Crippen LogP contribution in [-0.2, 0) is 14.8 Å². The first kappa shape index (κ1) is 20.1. The lowest BCUT2D eigenvalue weighted by Crippen LogP contribution is -2.40. The molecule has 1 aliphatic rings.